The van der Waals surface area contributed by atoms with Gasteiger partial charge in [0.05, 0.1) is 29.3 Å². The van der Waals surface area contributed by atoms with Crippen LogP contribution >= 0.6 is 11.5 Å². The van der Waals surface area contributed by atoms with Crippen LogP contribution in [-0.2, 0) is 10.9 Å². The highest BCUT2D eigenvalue weighted by atomic mass is 32.1. The SMILES string of the molecule is NC(=O)c1c(NC(=O)NCCCN2CCOCC2)nsc1-c1ccc(NC(=O)Nc2cc(C(F)(F)F)ccc2F)cc1. The summed E-state index contributed by atoms with van der Waals surface area (Å²) in [5.74, 6) is -1.85. The van der Waals surface area contributed by atoms with Crippen LogP contribution in [0.2, 0.25) is 0 Å². The summed E-state index contributed by atoms with van der Waals surface area (Å²) < 4.78 is 62.1. The predicted octanol–water partition coefficient (Wildman–Crippen LogP) is 4.55. The van der Waals surface area contributed by atoms with Gasteiger partial charge in [0.1, 0.15) is 11.4 Å². The van der Waals surface area contributed by atoms with Crippen LogP contribution < -0.4 is 27.0 Å². The monoisotopic (exact) mass is 609 g/mol. The van der Waals surface area contributed by atoms with Crippen molar-refractivity contribution in [1.82, 2.24) is 14.6 Å². The minimum absolute atomic E-state index is 0.00180. The molecule has 1 aliphatic rings. The molecule has 0 radical (unpaired) electrons. The number of carbonyl (C=O) groups is 3. The van der Waals surface area contributed by atoms with Gasteiger partial charge in [-0.25, -0.2) is 14.0 Å². The van der Waals surface area contributed by atoms with Crippen LogP contribution in [0.4, 0.5) is 44.3 Å². The molecule has 1 saturated heterocycles. The fraction of sp³-hybridized carbons (Fsp3) is 0.308. The van der Waals surface area contributed by atoms with Crippen molar-refractivity contribution < 1.29 is 36.7 Å². The van der Waals surface area contributed by atoms with Gasteiger partial charge in [0, 0.05) is 25.3 Å². The fourth-order valence-electron chi connectivity index (χ4n) is 4.07. The minimum Gasteiger partial charge on any atom is -0.379 e. The van der Waals surface area contributed by atoms with Crippen LogP contribution in [0.25, 0.3) is 10.4 Å². The molecule has 16 heteroatoms. The highest BCUT2D eigenvalue weighted by molar-refractivity contribution is 7.10. The number of aromatic nitrogens is 1. The molecular formula is C26H27F4N7O4S. The van der Waals surface area contributed by atoms with Crippen LogP contribution in [0.5, 0.6) is 0 Å². The van der Waals surface area contributed by atoms with Crippen molar-refractivity contribution in [1.29, 1.82) is 0 Å². The molecule has 0 unspecified atom stereocenters. The Bertz CT molecular complexity index is 1430. The molecule has 3 aromatic rings. The molecule has 0 aliphatic carbocycles. The summed E-state index contributed by atoms with van der Waals surface area (Å²) in [5.41, 5.74) is 4.53. The number of morpholine rings is 1. The second-order valence-corrected chi connectivity index (χ2v) is 9.91. The molecule has 1 fully saturated rings. The summed E-state index contributed by atoms with van der Waals surface area (Å²) in [6, 6.07) is 6.14. The Labute approximate surface area is 241 Å². The molecule has 6 N–H and O–H groups in total. The lowest BCUT2D eigenvalue weighted by atomic mass is 10.1. The van der Waals surface area contributed by atoms with Crippen molar-refractivity contribution in [3.8, 4) is 10.4 Å². The van der Waals surface area contributed by atoms with Crippen LogP contribution in [0, 0.1) is 5.82 Å². The third kappa shape index (κ3) is 8.14. The van der Waals surface area contributed by atoms with E-state index in [1.54, 1.807) is 0 Å². The van der Waals surface area contributed by atoms with Gasteiger partial charge in [-0.15, -0.1) is 0 Å². The molecule has 42 heavy (non-hydrogen) atoms. The number of alkyl halides is 3. The standard InChI is InChI=1S/C26H27F4N7O4S/c27-18-7-4-16(26(28,29)30)14-19(18)34-25(40)33-17-5-2-15(3-6-17)21-20(22(31)38)23(36-42-21)35-24(39)32-8-1-9-37-10-12-41-13-11-37/h2-7,14H,1,8-13H2,(H2,31,38)(H2,33,34,40)(H2,32,35,36,39). The third-order valence-corrected chi connectivity index (χ3v) is 7.05. The Balaban J connectivity index is 1.35. The Morgan fingerprint density at radius 3 is 2.38 bits per heavy atom. The van der Waals surface area contributed by atoms with Gasteiger partial charge in [-0.05, 0) is 60.4 Å². The molecule has 224 valence electrons. The van der Waals surface area contributed by atoms with Crippen LogP contribution in [-0.4, -0.2) is 66.6 Å². The quantitative estimate of drug-likeness (QED) is 0.177. The topological polar surface area (TPSA) is 151 Å². The Hall–Kier alpha value is -4.28. The number of carbonyl (C=O) groups excluding carboxylic acids is 3. The number of ether oxygens (including phenoxy) is 1. The molecule has 2 heterocycles. The van der Waals surface area contributed by atoms with Gasteiger partial charge in [-0.1, -0.05) is 12.1 Å². The second-order valence-electron chi connectivity index (χ2n) is 9.14. The second kappa shape index (κ2) is 13.6. The van der Waals surface area contributed by atoms with Crippen molar-refractivity contribution in [2.75, 3.05) is 55.3 Å². The molecule has 4 rings (SSSR count). The zero-order valence-corrected chi connectivity index (χ0v) is 22.8. The first-order valence-corrected chi connectivity index (χ1v) is 13.5. The van der Waals surface area contributed by atoms with Gasteiger partial charge in [-0.3, -0.25) is 15.0 Å². The lowest BCUT2D eigenvalue weighted by molar-refractivity contribution is -0.137. The van der Waals surface area contributed by atoms with E-state index in [2.05, 4.69) is 30.5 Å². The lowest BCUT2D eigenvalue weighted by Crippen LogP contribution is -2.38. The zero-order valence-electron chi connectivity index (χ0n) is 22.0. The number of rotatable bonds is 9. The first-order valence-electron chi connectivity index (χ1n) is 12.7. The molecule has 0 spiro atoms. The van der Waals surface area contributed by atoms with Gasteiger partial charge >= 0.3 is 18.2 Å². The van der Waals surface area contributed by atoms with E-state index in [9.17, 15) is 31.9 Å². The van der Waals surface area contributed by atoms with E-state index in [0.717, 1.165) is 37.6 Å². The maximum atomic E-state index is 13.9. The van der Waals surface area contributed by atoms with Crippen molar-refractivity contribution in [2.24, 2.45) is 5.73 Å². The summed E-state index contributed by atoms with van der Waals surface area (Å²) in [7, 11) is 0. The summed E-state index contributed by atoms with van der Waals surface area (Å²) >= 11 is 0.928. The van der Waals surface area contributed by atoms with E-state index in [-0.39, 0.29) is 17.1 Å². The number of benzene rings is 2. The van der Waals surface area contributed by atoms with Gasteiger partial charge in [0.25, 0.3) is 5.91 Å². The number of hydrogen-bond donors (Lipinski definition) is 5. The minimum atomic E-state index is -4.71. The molecule has 1 aliphatic heterocycles. The number of anilines is 3. The van der Waals surface area contributed by atoms with E-state index in [1.807, 2.05) is 0 Å². The molecular weight excluding hydrogens is 582 g/mol. The van der Waals surface area contributed by atoms with Gasteiger partial charge in [0.2, 0.25) is 0 Å². The Morgan fingerprint density at radius 2 is 1.71 bits per heavy atom. The van der Waals surface area contributed by atoms with Crippen LogP contribution in [0.15, 0.2) is 42.5 Å². The highest BCUT2D eigenvalue weighted by Gasteiger charge is 2.31. The maximum absolute atomic E-state index is 13.9. The van der Waals surface area contributed by atoms with E-state index in [1.165, 1.54) is 24.3 Å². The number of nitrogens with one attached hydrogen (secondary N) is 4. The van der Waals surface area contributed by atoms with Gasteiger partial charge in [0.15, 0.2) is 5.82 Å². The molecule has 11 nitrogen and oxygen atoms in total. The summed E-state index contributed by atoms with van der Waals surface area (Å²) in [5, 5.41) is 9.71. The molecule has 0 atom stereocenters. The lowest BCUT2D eigenvalue weighted by Gasteiger charge is -2.26. The van der Waals surface area contributed by atoms with Crippen molar-refractivity contribution in [3.05, 3.63) is 59.4 Å². The van der Waals surface area contributed by atoms with Gasteiger partial charge in [-0.2, -0.15) is 17.5 Å². The average molecular weight is 610 g/mol. The first kappa shape index (κ1) is 30.7. The van der Waals surface area contributed by atoms with Crippen molar-refractivity contribution in [3.63, 3.8) is 0 Å². The molecule has 0 saturated carbocycles. The number of halogens is 4. The summed E-state index contributed by atoms with van der Waals surface area (Å²) in [4.78, 5) is 39.5. The molecule has 1 aromatic heterocycles. The van der Waals surface area contributed by atoms with Gasteiger partial charge < -0.3 is 26.4 Å². The fourth-order valence-corrected chi connectivity index (χ4v) is 4.92. The highest BCUT2D eigenvalue weighted by Crippen LogP contribution is 2.34. The normalized spacial score (nSPS) is 13.8. The zero-order chi connectivity index (χ0) is 30.3. The van der Waals surface area contributed by atoms with E-state index < -0.39 is 41.2 Å². The first-order chi connectivity index (χ1) is 20.0. The van der Waals surface area contributed by atoms with E-state index >= 15 is 0 Å². The number of nitrogens with zero attached hydrogens (tertiary/aromatic N) is 2. The van der Waals surface area contributed by atoms with Crippen molar-refractivity contribution in [2.45, 2.75) is 12.6 Å². The number of hydrogen-bond acceptors (Lipinski definition) is 7. The smallest absolute Gasteiger partial charge is 0.379 e. The Morgan fingerprint density at radius 1 is 1.00 bits per heavy atom. The molecule has 0 bridgehead atoms. The van der Waals surface area contributed by atoms with Crippen LogP contribution in [0.3, 0.4) is 0 Å². The number of amides is 5. The molecule has 5 amide bonds. The number of urea groups is 2. The number of nitrogens with two attached hydrogens (primary N) is 1. The van der Waals surface area contributed by atoms with E-state index in [0.29, 0.717) is 48.4 Å². The third-order valence-electron chi connectivity index (χ3n) is 6.16. The molecule has 2 aromatic carbocycles. The van der Waals surface area contributed by atoms with Crippen LogP contribution in [0.1, 0.15) is 22.3 Å². The van der Waals surface area contributed by atoms with Crippen molar-refractivity contribution >= 4 is 46.7 Å². The average Bonchev–Trinajstić information content (AvgIpc) is 3.36. The maximum Gasteiger partial charge on any atom is 0.416 e. The van der Waals surface area contributed by atoms with E-state index in [4.69, 9.17) is 10.5 Å². The predicted molar refractivity (Wildman–Crippen MR) is 149 cm³/mol. The largest absolute Gasteiger partial charge is 0.416 e. The summed E-state index contributed by atoms with van der Waals surface area (Å²) in [6.07, 6.45) is -3.98. The Kier molecular flexibility index (Phi) is 9.92. The summed E-state index contributed by atoms with van der Waals surface area (Å²) in [6.45, 7) is 4.30. The number of primary amides is 1.